The molecule has 2 N–H and O–H groups in total. The van der Waals surface area contributed by atoms with E-state index in [1.165, 1.54) is 6.42 Å². The molecule has 0 aromatic heterocycles. The highest BCUT2D eigenvalue weighted by Crippen LogP contribution is 2.36. The summed E-state index contributed by atoms with van der Waals surface area (Å²) in [5, 5.41) is 12.4. The van der Waals surface area contributed by atoms with E-state index in [2.05, 4.69) is 5.32 Å². The van der Waals surface area contributed by atoms with Crippen LogP contribution in [0.3, 0.4) is 0 Å². The van der Waals surface area contributed by atoms with Gasteiger partial charge in [-0.3, -0.25) is 9.59 Å². The van der Waals surface area contributed by atoms with Crippen molar-refractivity contribution in [3.05, 3.63) is 0 Å². The minimum atomic E-state index is -0.746. The van der Waals surface area contributed by atoms with Crippen molar-refractivity contribution in [3.63, 3.8) is 0 Å². The van der Waals surface area contributed by atoms with Crippen LogP contribution in [0.25, 0.3) is 0 Å². The lowest BCUT2D eigenvalue weighted by molar-refractivity contribution is -0.151. The predicted octanol–water partition coefficient (Wildman–Crippen LogP) is 2.42. The zero-order valence-electron chi connectivity index (χ0n) is 11.3. The molecular weight excluding hydrogens is 262 g/mol. The van der Waals surface area contributed by atoms with E-state index in [1.54, 1.807) is 11.8 Å². The van der Waals surface area contributed by atoms with Crippen molar-refractivity contribution < 1.29 is 14.7 Å². The Bertz CT molecular complexity index is 334. The summed E-state index contributed by atoms with van der Waals surface area (Å²) in [6.45, 7) is 0.304. The molecule has 0 bridgehead atoms. The molecule has 19 heavy (non-hydrogen) atoms. The Morgan fingerprint density at radius 2 is 1.89 bits per heavy atom. The Morgan fingerprint density at radius 1 is 1.16 bits per heavy atom. The monoisotopic (exact) mass is 285 g/mol. The summed E-state index contributed by atoms with van der Waals surface area (Å²) in [6.07, 6.45) is 7.64. The fourth-order valence-corrected chi connectivity index (χ4v) is 4.24. The van der Waals surface area contributed by atoms with Gasteiger partial charge < -0.3 is 10.4 Å². The first-order chi connectivity index (χ1) is 9.14. The third-order valence-corrected chi connectivity index (χ3v) is 5.71. The Kier molecular flexibility index (Phi) is 5.13. The van der Waals surface area contributed by atoms with Gasteiger partial charge in [-0.25, -0.2) is 0 Å². The molecule has 0 aromatic carbocycles. The zero-order valence-corrected chi connectivity index (χ0v) is 12.1. The molecule has 1 unspecified atom stereocenters. The van der Waals surface area contributed by atoms with Gasteiger partial charge in [0.15, 0.2) is 0 Å². The summed E-state index contributed by atoms with van der Waals surface area (Å²) in [4.78, 5) is 23.6. The second-order valence-corrected chi connectivity index (χ2v) is 7.03. The standard InChI is InChI=1S/C14H23NO3S/c16-12(11-6-2-5-9-19-11)15-10-14(13(17)18)7-3-1-4-8-14/h11H,1-10H2,(H,15,16)(H,17,18). The molecule has 108 valence electrons. The van der Waals surface area contributed by atoms with E-state index in [1.807, 2.05) is 0 Å². The molecule has 1 aliphatic carbocycles. The van der Waals surface area contributed by atoms with Gasteiger partial charge in [-0.2, -0.15) is 0 Å². The number of thioether (sulfide) groups is 1. The molecule has 2 rings (SSSR count). The topological polar surface area (TPSA) is 66.4 Å². The summed E-state index contributed by atoms with van der Waals surface area (Å²) in [5.74, 6) is 0.335. The van der Waals surface area contributed by atoms with Gasteiger partial charge in [-0.05, 0) is 31.4 Å². The van der Waals surface area contributed by atoms with E-state index in [-0.39, 0.29) is 11.2 Å². The Hall–Kier alpha value is -0.710. The quantitative estimate of drug-likeness (QED) is 0.832. The van der Waals surface area contributed by atoms with Crippen LogP contribution in [0, 0.1) is 5.41 Å². The van der Waals surface area contributed by atoms with Crippen molar-refractivity contribution in [3.8, 4) is 0 Å². The summed E-state index contributed by atoms with van der Waals surface area (Å²) in [5.41, 5.74) is -0.715. The van der Waals surface area contributed by atoms with Crippen LogP contribution in [0.1, 0.15) is 51.4 Å². The van der Waals surface area contributed by atoms with Crippen LogP contribution >= 0.6 is 11.8 Å². The lowest BCUT2D eigenvalue weighted by atomic mass is 9.74. The summed E-state index contributed by atoms with van der Waals surface area (Å²) >= 11 is 1.71. The van der Waals surface area contributed by atoms with Crippen molar-refractivity contribution >= 4 is 23.6 Å². The molecule has 0 spiro atoms. The average Bonchev–Trinajstić information content (AvgIpc) is 2.46. The van der Waals surface area contributed by atoms with Gasteiger partial charge in [0.2, 0.25) is 5.91 Å². The van der Waals surface area contributed by atoms with Crippen LogP contribution in [0.4, 0.5) is 0 Å². The van der Waals surface area contributed by atoms with E-state index < -0.39 is 11.4 Å². The molecule has 1 heterocycles. The minimum absolute atomic E-state index is 0.0307. The number of aliphatic carboxylic acids is 1. The van der Waals surface area contributed by atoms with Crippen LogP contribution < -0.4 is 5.32 Å². The maximum Gasteiger partial charge on any atom is 0.311 e. The molecule has 1 atom stereocenters. The molecule has 1 amide bonds. The van der Waals surface area contributed by atoms with Gasteiger partial charge in [0.25, 0.3) is 0 Å². The fraction of sp³-hybridized carbons (Fsp3) is 0.857. The van der Waals surface area contributed by atoms with Gasteiger partial charge in [0, 0.05) is 6.54 Å². The molecule has 5 heteroatoms. The van der Waals surface area contributed by atoms with Crippen molar-refractivity contribution in [2.24, 2.45) is 5.41 Å². The summed E-state index contributed by atoms with van der Waals surface area (Å²) < 4.78 is 0. The Balaban J connectivity index is 1.87. The van der Waals surface area contributed by atoms with E-state index in [0.717, 1.165) is 37.9 Å². The van der Waals surface area contributed by atoms with Crippen LogP contribution in [0.2, 0.25) is 0 Å². The second-order valence-electron chi connectivity index (χ2n) is 5.72. The Morgan fingerprint density at radius 3 is 2.47 bits per heavy atom. The van der Waals surface area contributed by atoms with E-state index in [0.29, 0.717) is 19.4 Å². The number of carbonyl (C=O) groups excluding carboxylic acids is 1. The minimum Gasteiger partial charge on any atom is -0.481 e. The van der Waals surface area contributed by atoms with Crippen molar-refractivity contribution in [2.75, 3.05) is 12.3 Å². The Labute approximate surface area is 118 Å². The lowest BCUT2D eigenvalue weighted by Crippen LogP contribution is -2.46. The van der Waals surface area contributed by atoms with E-state index in [4.69, 9.17) is 0 Å². The van der Waals surface area contributed by atoms with Crippen LogP contribution in [-0.2, 0) is 9.59 Å². The number of rotatable bonds is 4. The third-order valence-electron chi connectivity index (χ3n) is 4.34. The van der Waals surface area contributed by atoms with Crippen LogP contribution in [-0.4, -0.2) is 34.5 Å². The van der Waals surface area contributed by atoms with Crippen molar-refractivity contribution in [2.45, 2.75) is 56.6 Å². The second kappa shape index (κ2) is 6.64. The smallest absolute Gasteiger partial charge is 0.311 e. The first kappa shape index (κ1) is 14.7. The van der Waals surface area contributed by atoms with E-state index >= 15 is 0 Å². The summed E-state index contributed by atoms with van der Waals surface area (Å²) in [7, 11) is 0. The third kappa shape index (κ3) is 3.65. The number of nitrogens with one attached hydrogen (secondary N) is 1. The van der Waals surface area contributed by atoms with Crippen LogP contribution in [0.15, 0.2) is 0 Å². The highest BCUT2D eigenvalue weighted by Gasteiger charge is 2.40. The first-order valence-electron chi connectivity index (χ1n) is 7.27. The molecule has 0 radical (unpaired) electrons. The van der Waals surface area contributed by atoms with Crippen LogP contribution in [0.5, 0.6) is 0 Å². The number of carboxylic acids is 1. The molecule has 2 fully saturated rings. The van der Waals surface area contributed by atoms with Gasteiger partial charge in [-0.15, -0.1) is 11.8 Å². The molecule has 0 aromatic rings. The van der Waals surface area contributed by atoms with Gasteiger partial charge >= 0.3 is 5.97 Å². The zero-order chi connectivity index (χ0) is 13.7. The largest absolute Gasteiger partial charge is 0.481 e. The van der Waals surface area contributed by atoms with Gasteiger partial charge in [-0.1, -0.05) is 25.7 Å². The molecular formula is C14H23NO3S. The summed E-state index contributed by atoms with van der Waals surface area (Å²) in [6, 6.07) is 0. The average molecular weight is 285 g/mol. The maximum atomic E-state index is 12.1. The molecule has 2 aliphatic rings. The number of amides is 1. The number of hydrogen-bond donors (Lipinski definition) is 2. The lowest BCUT2D eigenvalue weighted by Gasteiger charge is -2.33. The van der Waals surface area contributed by atoms with Crippen molar-refractivity contribution in [1.29, 1.82) is 0 Å². The predicted molar refractivity (Wildman–Crippen MR) is 76.3 cm³/mol. The van der Waals surface area contributed by atoms with E-state index in [9.17, 15) is 14.7 Å². The highest BCUT2D eigenvalue weighted by atomic mass is 32.2. The molecule has 1 saturated heterocycles. The normalized spacial score (nSPS) is 26.6. The number of carboxylic acid groups (broad SMARTS) is 1. The maximum absolute atomic E-state index is 12.1. The van der Waals surface area contributed by atoms with Gasteiger partial charge in [0.1, 0.15) is 0 Å². The first-order valence-corrected chi connectivity index (χ1v) is 8.32. The van der Waals surface area contributed by atoms with Crippen molar-refractivity contribution in [1.82, 2.24) is 5.32 Å². The highest BCUT2D eigenvalue weighted by molar-refractivity contribution is 8.00. The number of hydrogen-bond acceptors (Lipinski definition) is 3. The molecule has 1 aliphatic heterocycles. The molecule has 1 saturated carbocycles. The van der Waals surface area contributed by atoms with Gasteiger partial charge in [0.05, 0.1) is 10.7 Å². The number of carbonyl (C=O) groups is 2. The molecule has 4 nitrogen and oxygen atoms in total. The fourth-order valence-electron chi connectivity index (χ4n) is 3.01. The SMILES string of the molecule is O=C(NCC1(C(=O)O)CCCCC1)C1CCCCS1.